The summed E-state index contributed by atoms with van der Waals surface area (Å²) in [4.78, 5) is 16.0. The molecule has 1 heterocycles. The van der Waals surface area contributed by atoms with Crippen LogP contribution in [0.1, 0.15) is 39.0 Å². The van der Waals surface area contributed by atoms with E-state index in [0.29, 0.717) is 0 Å². The Morgan fingerprint density at radius 3 is 2.50 bits per heavy atom. The van der Waals surface area contributed by atoms with Gasteiger partial charge in [0.25, 0.3) is 0 Å². The zero-order valence-corrected chi connectivity index (χ0v) is 9.25. The molecule has 1 saturated carbocycles. The standard InChI is InChI=1S/C11H20N2O/c1-3-12(2)10(14)13-9-5-8-11(13)6-4-7-11/h3-9H2,1-2H3. The van der Waals surface area contributed by atoms with Gasteiger partial charge >= 0.3 is 6.03 Å². The summed E-state index contributed by atoms with van der Waals surface area (Å²) in [5.74, 6) is 0. The van der Waals surface area contributed by atoms with Gasteiger partial charge in [-0.05, 0) is 39.0 Å². The molecule has 1 aliphatic heterocycles. The number of rotatable bonds is 1. The number of nitrogens with zero attached hydrogens (tertiary/aromatic N) is 2. The van der Waals surface area contributed by atoms with Gasteiger partial charge in [-0.1, -0.05) is 0 Å². The molecule has 14 heavy (non-hydrogen) atoms. The van der Waals surface area contributed by atoms with E-state index in [0.717, 1.165) is 13.1 Å². The van der Waals surface area contributed by atoms with Crippen LogP contribution in [0.25, 0.3) is 0 Å². The number of amides is 2. The predicted octanol–water partition coefficient (Wildman–Crippen LogP) is 2.08. The summed E-state index contributed by atoms with van der Waals surface area (Å²) in [5, 5.41) is 0. The number of likely N-dealkylation sites (tertiary alicyclic amines) is 1. The molecular weight excluding hydrogens is 176 g/mol. The molecule has 2 aliphatic rings. The van der Waals surface area contributed by atoms with Crippen LogP contribution in [0, 0.1) is 0 Å². The zero-order valence-electron chi connectivity index (χ0n) is 9.25. The lowest BCUT2D eigenvalue weighted by atomic mass is 9.75. The zero-order chi connectivity index (χ0) is 10.2. The summed E-state index contributed by atoms with van der Waals surface area (Å²) in [6, 6.07) is 0.240. The maximum atomic E-state index is 12.0. The number of hydrogen-bond acceptors (Lipinski definition) is 1. The molecule has 0 bridgehead atoms. The monoisotopic (exact) mass is 196 g/mol. The average molecular weight is 196 g/mol. The minimum atomic E-state index is 0.240. The SMILES string of the molecule is CCN(C)C(=O)N1CCCC12CCC2. The Morgan fingerprint density at radius 1 is 1.36 bits per heavy atom. The molecule has 0 aromatic rings. The average Bonchev–Trinajstić information content (AvgIpc) is 2.58. The first kappa shape index (κ1) is 9.81. The van der Waals surface area contributed by atoms with Gasteiger partial charge in [-0.3, -0.25) is 0 Å². The van der Waals surface area contributed by atoms with Crippen molar-refractivity contribution in [1.82, 2.24) is 9.80 Å². The van der Waals surface area contributed by atoms with Crippen LogP contribution in [0.4, 0.5) is 4.79 Å². The lowest BCUT2D eigenvalue weighted by molar-refractivity contribution is 0.0658. The number of carbonyl (C=O) groups is 1. The van der Waals surface area contributed by atoms with E-state index in [1.807, 2.05) is 18.9 Å². The first-order chi connectivity index (χ1) is 6.69. The molecule has 0 unspecified atom stereocenters. The second-order valence-electron chi connectivity index (χ2n) is 4.63. The van der Waals surface area contributed by atoms with Gasteiger partial charge in [0, 0.05) is 25.7 Å². The largest absolute Gasteiger partial charge is 0.328 e. The molecule has 2 rings (SSSR count). The highest BCUT2D eigenvalue weighted by molar-refractivity contribution is 5.75. The minimum absolute atomic E-state index is 0.240. The molecule has 0 aromatic heterocycles. The molecule has 2 fully saturated rings. The molecule has 3 nitrogen and oxygen atoms in total. The molecule has 0 N–H and O–H groups in total. The van der Waals surface area contributed by atoms with E-state index in [9.17, 15) is 4.79 Å². The van der Waals surface area contributed by atoms with Gasteiger partial charge in [-0.2, -0.15) is 0 Å². The van der Waals surface area contributed by atoms with Crippen LogP contribution < -0.4 is 0 Å². The molecule has 1 saturated heterocycles. The highest BCUT2D eigenvalue weighted by Crippen LogP contribution is 2.45. The predicted molar refractivity (Wildman–Crippen MR) is 56.2 cm³/mol. The van der Waals surface area contributed by atoms with Crippen molar-refractivity contribution in [2.45, 2.75) is 44.6 Å². The third-order valence-electron chi connectivity index (χ3n) is 3.91. The maximum absolute atomic E-state index is 12.0. The normalized spacial score (nSPS) is 23.7. The smallest absolute Gasteiger partial charge is 0.320 e. The number of urea groups is 1. The fourth-order valence-electron chi connectivity index (χ4n) is 2.68. The van der Waals surface area contributed by atoms with Gasteiger partial charge in [0.2, 0.25) is 0 Å². The lowest BCUT2D eigenvalue weighted by Crippen LogP contribution is -2.55. The van der Waals surface area contributed by atoms with Crippen molar-refractivity contribution in [3.05, 3.63) is 0 Å². The summed E-state index contributed by atoms with van der Waals surface area (Å²) in [7, 11) is 1.90. The highest BCUT2D eigenvalue weighted by Gasteiger charge is 2.48. The summed E-state index contributed by atoms with van der Waals surface area (Å²) >= 11 is 0. The van der Waals surface area contributed by atoms with Crippen molar-refractivity contribution in [2.24, 2.45) is 0 Å². The van der Waals surface area contributed by atoms with Gasteiger partial charge in [0.1, 0.15) is 0 Å². The Labute approximate surface area is 86.1 Å². The first-order valence-corrected chi connectivity index (χ1v) is 5.72. The highest BCUT2D eigenvalue weighted by atomic mass is 16.2. The second kappa shape index (κ2) is 3.44. The van der Waals surface area contributed by atoms with E-state index in [1.54, 1.807) is 0 Å². The van der Waals surface area contributed by atoms with E-state index in [4.69, 9.17) is 0 Å². The van der Waals surface area contributed by atoms with Crippen molar-refractivity contribution in [1.29, 1.82) is 0 Å². The Morgan fingerprint density at radius 2 is 2.00 bits per heavy atom. The molecule has 3 heteroatoms. The molecular formula is C11H20N2O. The van der Waals surface area contributed by atoms with Crippen LogP contribution in [0.5, 0.6) is 0 Å². The molecule has 2 amide bonds. The molecule has 1 spiro atoms. The van der Waals surface area contributed by atoms with Crippen LogP contribution in [0.3, 0.4) is 0 Å². The lowest BCUT2D eigenvalue weighted by Gasteiger charge is -2.46. The van der Waals surface area contributed by atoms with Crippen LogP contribution in [0.2, 0.25) is 0 Å². The third-order valence-corrected chi connectivity index (χ3v) is 3.91. The van der Waals surface area contributed by atoms with Crippen molar-refractivity contribution in [3.63, 3.8) is 0 Å². The van der Waals surface area contributed by atoms with Crippen LogP contribution in [-0.4, -0.2) is 41.5 Å². The number of carbonyl (C=O) groups excluding carboxylic acids is 1. The molecule has 0 radical (unpaired) electrons. The fourth-order valence-corrected chi connectivity index (χ4v) is 2.68. The third kappa shape index (κ3) is 1.30. The quantitative estimate of drug-likeness (QED) is 0.630. The molecule has 1 aliphatic carbocycles. The van der Waals surface area contributed by atoms with E-state index in [-0.39, 0.29) is 11.6 Å². The molecule has 0 aromatic carbocycles. The van der Waals surface area contributed by atoms with Crippen LogP contribution in [-0.2, 0) is 0 Å². The minimum Gasteiger partial charge on any atom is -0.328 e. The van der Waals surface area contributed by atoms with Crippen molar-refractivity contribution < 1.29 is 4.79 Å². The van der Waals surface area contributed by atoms with Crippen molar-refractivity contribution in [3.8, 4) is 0 Å². The van der Waals surface area contributed by atoms with E-state index < -0.39 is 0 Å². The van der Waals surface area contributed by atoms with E-state index >= 15 is 0 Å². The van der Waals surface area contributed by atoms with Gasteiger partial charge in [-0.25, -0.2) is 4.79 Å². The Hall–Kier alpha value is -0.730. The van der Waals surface area contributed by atoms with Gasteiger partial charge in [0.05, 0.1) is 0 Å². The second-order valence-corrected chi connectivity index (χ2v) is 4.63. The Balaban J connectivity index is 2.06. The van der Waals surface area contributed by atoms with Crippen LogP contribution >= 0.6 is 0 Å². The van der Waals surface area contributed by atoms with Gasteiger partial charge in [0.15, 0.2) is 0 Å². The Bertz CT molecular complexity index is 235. The topological polar surface area (TPSA) is 23.6 Å². The van der Waals surface area contributed by atoms with Gasteiger partial charge < -0.3 is 9.80 Å². The van der Waals surface area contributed by atoms with Crippen molar-refractivity contribution in [2.75, 3.05) is 20.1 Å². The Kier molecular flexibility index (Phi) is 2.41. The van der Waals surface area contributed by atoms with Crippen molar-refractivity contribution >= 4 is 6.03 Å². The summed E-state index contributed by atoms with van der Waals surface area (Å²) < 4.78 is 0. The maximum Gasteiger partial charge on any atom is 0.320 e. The summed E-state index contributed by atoms with van der Waals surface area (Å²) in [6.45, 7) is 3.82. The van der Waals surface area contributed by atoms with E-state index in [1.165, 1.54) is 32.1 Å². The van der Waals surface area contributed by atoms with E-state index in [2.05, 4.69) is 4.90 Å². The summed E-state index contributed by atoms with van der Waals surface area (Å²) in [6.07, 6.45) is 6.20. The van der Waals surface area contributed by atoms with Crippen LogP contribution in [0.15, 0.2) is 0 Å². The molecule has 80 valence electrons. The van der Waals surface area contributed by atoms with Gasteiger partial charge in [-0.15, -0.1) is 0 Å². The fraction of sp³-hybridized carbons (Fsp3) is 0.909. The number of hydrogen-bond donors (Lipinski definition) is 0. The first-order valence-electron chi connectivity index (χ1n) is 5.72. The summed E-state index contributed by atoms with van der Waals surface area (Å²) in [5.41, 5.74) is 0.278. The molecule has 0 atom stereocenters.